The van der Waals surface area contributed by atoms with E-state index in [1.54, 1.807) is 6.20 Å². The minimum absolute atomic E-state index is 0.0533. The summed E-state index contributed by atoms with van der Waals surface area (Å²) >= 11 is 0. The number of nitrogens with one attached hydrogen (secondary N) is 1. The molecular weight excluding hydrogens is 240 g/mol. The maximum atomic E-state index is 12.1. The van der Waals surface area contributed by atoms with Crippen molar-refractivity contribution >= 4 is 5.91 Å². The number of carbonyl (C=O) groups is 1. The number of rotatable bonds is 3. The molecule has 0 radical (unpaired) electrons. The summed E-state index contributed by atoms with van der Waals surface area (Å²) in [6.45, 7) is 3.39. The summed E-state index contributed by atoms with van der Waals surface area (Å²) in [6.07, 6.45) is 2.85. The molecule has 5 nitrogen and oxygen atoms in total. The quantitative estimate of drug-likeness (QED) is 0.880. The van der Waals surface area contributed by atoms with Crippen LogP contribution in [0.4, 0.5) is 0 Å². The summed E-state index contributed by atoms with van der Waals surface area (Å²) in [5.41, 5.74) is 0.924. The Kier molecular flexibility index (Phi) is 4.48. The van der Waals surface area contributed by atoms with Crippen molar-refractivity contribution in [1.29, 1.82) is 5.26 Å². The Labute approximate surface area is 113 Å². The molecule has 1 aromatic heterocycles. The molecule has 0 aromatic carbocycles. The van der Waals surface area contributed by atoms with Crippen LogP contribution in [0.5, 0.6) is 0 Å². The molecule has 1 N–H and O–H groups in total. The molecule has 2 atom stereocenters. The summed E-state index contributed by atoms with van der Waals surface area (Å²) in [5.74, 6) is -0.0533. The fourth-order valence-corrected chi connectivity index (χ4v) is 2.29. The van der Waals surface area contributed by atoms with Crippen LogP contribution in [0.2, 0.25) is 0 Å². The average molecular weight is 258 g/mol. The van der Waals surface area contributed by atoms with Crippen LogP contribution < -0.4 is 5.32 Å². The highest BCUT2D eigenvalue weighted by molar-refractivity contribution is 5.82. The maximum absolute atomic E-state index is 12.1. The predicted octanol–water partition coefficient (Wildman–Crippen LogP) is 1.07. The van der Waals surface area contributed by atoms with Crippen LogP contribution in [0.25, 0.3) is 0 Å². The Hall–Kier alpha value is -1.93. The number of carbonyl (C=O) groups excluding carboxylic acids is 1. The molecular formula is C14H18N4O. The van der Waals surface area contributed by atoms with E-state index in [0.29, 0.717) is 6.54 Å². The monoisotopic (exact) mass is 258 g/mol. The topological polar surface area (TPSA) is 69.0 Å². The lowest BCUT2D eigenvalue weighted by Crippen LogP contribution is -2.44. The van der Waals surface area contributed by atoms with Gasteiger partial charge in [-0.2, -0.15) is 5.26 Å². The van der Waals surface area contributed by atoms with Gasteiger partial charge >= 0.3 is 0 Å². The molecule has 0 spiro atoms. The lowest BCUT2D eigenvalue weighted by molar-refractivity contribution is -0.126. The van der Waals surface area contributed by atoms with Crippen molar-refractivity contribution in [3.8, 4) is 6.07 Å². The number of pyridine rings is 1. The van der Waals surface area contributed by atoms with Gasteiger partial charge in [-0.25, -0.2) is 0 Å². The SMILES string of the molecule is CC1CCN(Cc2ccccn2)C(CC#N)C(=O)N1. The van der Waals surface area contributed by atoms with E-state index in [-0.39, 0.29) is 24.4 Å². The minimum Gasteiger partial charge on any atom is -0.352 e. The van der Waals surface area contributed by atoms with Crippen LogP contribution in [0.3, 0.4) is 0 Å². The zero-order valence-electron chi connectivity index (χ0n) is 11.0. The summed E-state index contributed by atoms with van der Waals surface area (Å²) in [6, 6.07) is 7.62. The third kappa shape index (κ3) is 3.52. The second-order valence-corrected chi connectivity index (χ2v) is 4.87. The van der Waals surface area contributed by atoms with E-state index in [4.69, 9.17) is 5.26 Å². The molecule has 1 aromatic rings. The van der Waals surface area contributed by atoms with Crippen molar-refractivity contribution in [2.45, 2.75) is 38.4 Å². The van der Waals surface area contributed by atoms with Crippen molar-refractivity contribution in [2.24, 2.45) is 0 Å². The molecule has 5 heteroatoms. The standard InChI is InChI=1S/C14H18N4O/c1-11-6-9-18(10-12-4-2-3-8-16-12)13(5-7-15)14(19)17-11/h2-4,8,11,13H,5-6,9-10H2,1H3,(H,17,19). The normalized spacial score (nSPS) is 24.3. The number of hydrogen-bond acceptors (Lipinski definition) is 4. The predicted molar refractivity (Wildman–Crippen MR) is 70.9 cm³/mol. The van der Waals surface area contributed by atoms with Crippen LogP contribution in [0, 0.1) is 11.3 Å². The lowest BCUT2D eigenvalue weighted by atomic mass is 10.1. The molecule has 19 heavy (non-hydrogen) atoms. The zero-order valence-corrected chi connectivity index (χ0v) is 11.0. The van der Waals surface area contributed by atoms with Crippen molar-refractivity contribution in [2.75, 3.05) is 6.54 Å². The highest BCUT2D eigenvalue weighted by Crippen LogP contribution is 2.14. The zero-order chi connectivity index (χ0) is 13.7. The smallest absolute Gasteiger partial charge is 0.238 e. The maximum Gasteiger partial charge on any atom is 0.238 e. The number of nitriles is 1. The number of amides is 1. The lowest BCUT2D eigenvalue weighted by Gasteiger charge is -2.25. The molecule has 2 heterocycles. The van der Waals surface area contributed by atoms with Crippen LogP contribution in [0.15, 0.2) is 24.4 Å². The van der Waals surface area contributed by atoms with Gasteiger partial charge in [-0.1, -0.05) is 6.07 Å². The van der Waals surface area contributed by atoms with Gasteiger partial charge in [-0.3, -0.25) is 14.7 Å². The third-order valence-electron chi connectivity index (χ3n) is 3.36. The number of nitrogens with zero attached hydrogens (tertiary/aromatic N) is 3. The Balaban J connectivity index is 2.14. The van der Waals surface area contributed by atoms with Crippen molar-refractivity contribution in [3.63, 3.8) is 0 Å². The first-order chi connectivity index (χ1) is 9.20. The highest BCUT2D eigenvalue weighted by atomic mass is 16.2. The summed E-state index contributed by atoms with van der Waals surface area (Å²) in [4.78, 5) is 18.4. The minimum atomic E-state index is -0.378. The fraction of sp³-hybridized carbons (Fsp3) is 0.500. The van der Waals surface area contributed by atoms with Gasteiger partial charge in [0.2, 0.25) is 5.91 Å². The second-order valence-electron chi connectivity index (χ2n) is 4.87. The first kappa shape index (κ1) is 13.5. The van der Waals surface area contributed by atoms with Gasteiger partial charge in [-0.15, -0.1) is 0 Å². The van der Waals surface area contributed by atoms with Crippen LogP contribution in [-0.4, -0.2) is 34.4 Å². The molecule has 1 fully saturated rings. The Bertz CT molecular complexity index is 468. The van der Waals surface area contributed by atoms with E-state index >= 15 is 0 Å². The molecule has 1 aliphatic rings. The first-order valence-electron chi connectivity index (χ1n) is 6.52. The summed E-state index contributed by atoms with van der Waals surface area (Å²) in [7, 11) is 0. The Morgan fingerprint density at radius 2 is 2.42 bits per heavy atom. The number of hydrogen-bond donors (Lipinski definition) is 1. The van der Waals surface area contributed by atoms with Crippen molar-refractivity contribution < 1.29 is 4.79 Å². The molecule has 0 saturated carbocycles. The average Bonchev–Trinajstić information content (AvgIpc) is 2.53. The molecule has 0 aliphatic carbocycles. The summed E-state index contributed by atoms with van der Waals surface area (Å²) in [5, 5.41) is 11.8. The van der Waals surface area contributed by atoms with Gasteiger partial charge in [-0.05, 0) is 25.5 Å². The highest BCUT2D eigenvalue weighted by Gasteiger charge is 2.30. The Morgan fingerprint density at radius 3 is 3.11 bits per heavy atom. The van der Waals surface area contributed by atoms with Crippen molar-refractivity contribution in [1.82, 2.24) is 15.2 Å². The second kappa shape index (κ2) is 6.30. The van der Waals surface area contributed by atoms with Gasteiger partial charge in [0.15, 0.2) is 0 Å². The van der Waals surface area contributed by atoms with Gasteiger partial charge in [0.25, 0.3) is 0 Å². The van der Waals surface area contributed by atoms with Crippen LogP contribution in [-0.2, 0) is 11.3 Å². The van der Waals surface area contributed by atoms with Crippen LogP contribution >= 0.6 is 0 Å². The van der Waals surface area contributed by atoms with Gasteiger partial charge in [0.05, 0.1) is 18.2 Å². The molecule has 1 amide bonds. The van der Waals surface area contributed by atoms with E-state index in [2.05, 4.69) is 16.4 Å². The largest absolute Gasteiger partial charge is 0.352 e. The van der Waals surface area contributed by atoms with E-state index < -0.39 is 0 Å². The molecule has 2 unspecified atom stereocenters. The van der Waals surface area contributed by atoms with E-state index in [9.17, 15) is 4.79 Å². The van der Waals surface area contributed by atoms with Crippen molar-refractivity contribution in [3.05, 3.63) is 30.1 Å². The van der Waals surface area contributed by atoms with Gasteiger partial charge in [0.1, 0.15) is 6.04 Å². The summed E-state index contributed by atoms with van der Waals surface area (Å²) < 4.78 is 0. The first-order valence-corrected chi connectivity index (χ1v) is 6.52. The number of aromatic nitrogens is 1. The molecule has 1 aliphatic heterocycles. The molecule has 100 valence electrons. The molecule has 2 rings (SSSR count). The Morgan fingerprint density at radius 1 is 1.58 bits per heavy atom. The fourth-order valence-electron chi connectivity index (χ4n) is 2.29. The van der Waals surface area contributed by atoms with Crippen LogP contribution in [0.1, 0.15) is 25.5 Å². The molecule has 1 saturated heterocycles. The van der Waals surface area contributed by atoms with E-state index in [1.165, 1.54) is 0 Å². The molecule has 0 bridgehead atoms. The third-order valence-corrected chi connectivity index (χ3v) is 3.36. The van der Waals surface area contributed by atoms with Gasteiger partial charge in [0, 0.05) is 25.3 Å². The van der Waals surface area contributed by atoms with E-state index in [1.807, 2.05) is 30.0 Å². The van der Waals surface area contributed by atoms with Gasteiger partial charge < -0.3 is 5.32 Å². The van der Waals surface area contributed by atoms with E-state index in [0.717, 1.165) is 18.7 Å².